The number of rotatable bonds is 8. The minimum absolute atomic E-state index is 0.268. The Labute approximate surface area is 217 Å². The Balaban J connectivity index is 0.00000235. The topological polar surface area (TPSA) is 146 Å². The zero-order chi connectivity index (χ0) is 27.8. The van der Waals surface area contributed by atoms with Crippen molar-refractivity contribution >= 4 is 34.9 Å². The second-order valence-corrected chi connectivity index (χ2v) is 8.91. The monoisotopic (exact) mass is 511 g/mol. The number of nitrogens with one attached hydrogen (secondary N) is 2. The van der Waals surface area contributed by atoms with Crippen LogP contribution < -0.4 is 16.4 Å². The fraction of sp³-hybridized carbons (Fsp3) is 0.423. The normalized spacial score (nSPS) is 11.2. The van der Waals surface area contributed by atoms with E-state index >= 15 is 0 Å². The van der Waals surface area contributed by atoms with Gasteiger partial charge in [-0.1, -0.05) is 26.0 Å². The van der Waals surface area contributed by atoms with E-state index in [1.165, 1.54) is 0 Å². The number of allylic oxidation sites excluding steroid dienone is 1. The van der Waals surface area contributed by atoms with Crippen molar-refractivity contribution in [3.8, 4) is 0 Å². The lowest BCUT2D eigenvalue weighted by atomic mass is 10.2. The maximum atomic E-state index is 13.0. The average molecular weight is 512 g/mol. The molecule has 0 bridgehead atoms. The second kappa shape index (κ2) is 12.7. The number of benzene rings is 1. The van der Waals surface area contributed by atoms with E-state index in [2.05, 4.69) is 20.7 Å². The number of amides is 3. The van der Waals surface area contributed by atoms with Gasteiger partial charge < -0.3 is 20.4 Å². The molecule has 0 aliphatic rings. The standard InChI is InChI=1S/C24H31N7O4.C2H6/c1-6-31-19(13-15(2)29-31)21(33)28-22-27-17-14-16(20(25)32)9-10-18(17)30(22)12-8-7-11-26-23(34)35-24(3,4)5;1-2/h7-10,13-14H,6,11-12H2,1-5H3,(H2,25,32)(H,26,34)(H,27,28,33);1-2H3/b8-7+;. The van der Waals surface area contributed by atoms with Crippen LogP contribution in [0.4, 0.5) is 10.7 Å². The number of alkyl carbamates (subject to hydrolysis) is 1. The molecule has 200 valence electrons. The molecular weight excluding hydrogens is 474 g/mol. The number of nitrogens with two attached hydrogens (primary N) is 1. The molecule has 0 spiro atoms. The number of hydrogen-bond donors (Lipinski definition) is 3. The third-order valence-corrected chi connectivity index (χ3v) is 4.91. The molecule has 0 fully saturated rings. The number of imidazole rings is 1. The molecule has 0 radical (unpaired) electrons. The van der Waals surface area contributed by atoms with E-state index in [-0.39, 0.29) is 12.5 Å². The molecule has 11 heteroatoms. The van der Waals surface area contributed by atoms with Crippen molar-refractivity contribution in [2.24, 2.45) is 5.73 Å². The highest BCUT2D eigenvalue weighted by atomic mass is 16.6. The van der Waals surface area contributed by atoms with Gasteiger partial charge in [-0.15, -0.1) is 0 Å². The van der Waals surface area contributed by atoms with Crippen molar-refractivity contribution in [3.63, 3.8) is 0 Å². The van der Waals surface area contributed by atoms with Gasteiger partial charge in [0, 0.05) is 25.2 Å². The third-order valence-electron chi connectivity index (χ3n) is 4.91. The van der Waals surface area contributed by atoms with Crippen LogP contribution in [0.1, 0.15) is 68.1 Å². The molecule has 0 atom stereocenters. The summed E-state index contributed by atoms with van der Waals surface area (Å²) in [5.41, 5.74) is 7.51. The quantitative estimate of drug-likeness (QED) is 0.389. The van der Waals surface area contributed by atoms with Gasteiger partial charge in [0.05, 0.1) is 16.7 Å². The van der Waals surface area contributed by atoms with Gasteiger partial charge in [0.25, 0.3) is 5.91 Å². The molecule has 37 heavy (non-hydrogen) atoms. The molecule has 0 unspecified atom stereocenters. The number of hydrogen-bond acceptors (Lipinski definition) is 6. The van der Waals surface area contributed by atoms with Crippen molar-refractivity contribution in [1.29, 1.82) is 0 Å². The summed E-state index contributed by atoms with van der Waals surface area (Å²) in [5.74, 6) is -0.616. The molecule has 0 aliphatic heterocycles. The first-order valence-electron chi connectivity index (χ1n) is 12.3. The Kier molecular flexibility index (Phi) is 9.98. The van der Waals surface area contributed by atoms with E-state index in [0.29, 0.717) is 41.3 Å². The maximum absolute atomic E-state index is 13.0. The van der Waals surface area contributed by atoms with Crippen LogP contribution in [-0.4, -0.2) is 49.4 Å². The lowest BCUT2D eigenvalue weighted by Gasteiger charge is -2.19. The highest BCUT2D eigenvalue weighted by Crippen LogP contribution is 2.22. The SMILES string of the molecule is CC.CCn1nc(C)cc1C(=O)Nc1nc2cc(C(N)=O)ccc2n1C/C=C/CNC(=O)OC(C)(C)C. The Morgan fingerprint density at radius 2 is 1.84 bits per heavy atom. The van der Waals surface area contributed by atoms with Crippen molar-refractivity contribution in [3.05, 3.63) is 53.4 Å². The smallest absolute Gasteiger partial charge is 0.407 e. The first-order valence-corrected chi connectivity index (χ1v) is 12.3. The zero-order valence-electron chi connectivity index (χ0n) is 22.6. The number of anilines is 1. The number of nitrogens with zero attached hydrogens (tertiary/aromatic N) is 4. The molecular formula is C26H37N7O4. The van der Waals surface area contributed by atoms with Crippen LogP contribution in [0.5, 0.6) is 0 Å². The zero-order valence-corrected chi connectivity index (χ0v) is 22.6. The van der Waals surface area contributed by atoms with Crippen molar-refractivity contribution < 1.29 is 19.1 Å². The number of carbonyl (C=O) groups is 3. The molecule has 2 heterocycles. The lowest BCUT2D eigenvalue weighted by molar-refractivity contribution is 0.0533. The second-order valence-electron chi connectivity index (χ2n) is 8.91. The minimum atomic E-state index is -0.577. The van der Waals surface area contributed by atoms with Gasteiger partial charge >= 0.3 is 6.09 Å². The largest absolute Gasteiger partial charge is 0.444 e. The summed E-state index contributed by atoms with van der Waals surface area (Å²) >= 11 is 0. The molecule has 4 N–H and O–H groups in total. The van der Waals surface area contributed by atoms with Gasteiger partial charge in [-0.05, 0) is 58.9 Å². The Morgan fingerprint density at radius 1 is 1.14 bits per heavy atom. The Morgan fingerprint density at radius 3 is 2.46 bits per heavy atom. The van der Waals surface area contributed by atoms with Gasteiger partial charge in [0.1, 0.15) is 11.3 Å². The summed E-state index contributed by atoms with van der Waals surface area (Å²) in [5, 5.41) is 9.82. The van der Waals surface area contributed by atoms with Crippen molar-refractivity contribution in [2.75, 3.05) is 11.9 Å². The molecule has 0 aliphatic carbocycles. The molecule has 3 rings (SSSR count). The summed E-state index contributed by atoms with van der Waals surface area (Å²) in [7, 11) is 0. The van der Waals surface area contributed by atoms with Crippen LogP contribution >= 0.6 is 0 Å². The number of aromatic nitrogens is 4. The molecule has 2 aromatic heterocycles. The summed E-state index contributed by atoms with van der Waals surface area (Å²) in [6.45, 7) is 14.3. The fourth-order valence-electron chi connectivity index (χ4n) is 3.42. The predicted octanol–water partition coefficient (Wildman–Crippen LogP) is 4.02. The number of fused-ring (bicyclic) bond motifs is 1. The van der Waals surface area contributed by atoms with Gasteiger partial charge in [0.2, 0.25) is 11.9 Å². The Hall–Kier alpha value is -4.15. The molecule has 11 nitrogen and oxygen atoms in total. The van der Waals surface area contributed by atoms with Gasteiger partial charge in [-0.3, -0.25) is 19.6 Å². The molecule has 3 aromatic rings. The molecule has 0 saturated carbocycles. The fourth-order valence-corrected chi connectivity index (χ4v) is 3.42. The van der Waals surface area contributed by atoms with E-state index in [9.17, 15) is 14.4 Å². The number of carbonyl (C=O) groups excluding carboxylic acids is 3. The van der Waals surface area contributed by atoms with Crippen LogP contribution in [0.25, 0.3) is 11.0 Å². The Bertz CT molecular complexity index is 1280. The lowest BCUT2D eigenvalue weighted by Crippen LogP contribution is -2.32. The highest BCUT2D eigenvalue weighted by molar-refractivity contribution is 6.03. The van der Waals surface area contributed by atoms with E-state index in [1.807, 2.05) is 33.8 Å². The molecule has 1 aromatic carbocycles. The summed E-state index contributed by atoms with van der Waals surface area (Å²) in [6.07, 6.45) is 3.09. The van der Waals surface area contributed by atoms with E-state index in [0.717, 1.165) is 5.69 Å². The number of aryl methyl sites for hydroxylation is 2. The van der Waals surface area contributed by atoms with Crippen LogP contribution in [0, 0.1) is 6.92 Å². The van der Waals surface area contributed by atoms with Crippen LogP contribution in [-0.2, 0) is 17.8 Å². The van der Waals surface area contributed by atoms with E-state index < -0.39 is 17.6 Å². The van der Waals surface area contributed by atoms with Crippen molar-refractivity contribution in [1.82, 2.24) is 24.6 Å². The minimum Gasteiger partial charge on any atom is -0.444 e. The van der Waals surface area contributed by atoms with Crippen LogP contribution in [0.2, 0.25) is 0 Å². The van der Waals surface area contributed by atoms with Gasteiger partial charge in [-0.2, -0.15) is 5.10 Å². The highest BCUT2D eigenvalue weighted by Gasteiger charge is 2.18. The first kappa shape index (κ1) is 29.1. The molecule has 0 saturated heterocycles. The molecule has 3 amide bonds. The van der Waals surface area contributed by atoms with Gasteiger partial charge in [-0.25, -0.2) is 9.78 Å². The van der Waals surface area contributed by atoms with E-state index in [4.69, 9.17) is 10.5 Å². The number of ether oxygens (including phenoxy) is 1. The van der Waals surface area contributed by atoms with Crippen LogP contribution in [0.3, 0.4) is 0 Å². The van der Waals surface area contributed by atoms with E-state index in [1.54, 1.807) is 60.4 Å². The average Bonchev–Trinajstić information content (AvgIpc) is 3.38. The predicted molar refractivity (Wildman–Crippen MR) is 144 cm³/mol. The van der Waals surface area contributed by atoms with Gasteiger partial charge in [0.15, 0.2) is 0 Å². The first-order chi connectivity index (χ1) is 17.5. The van der Waals surface area contributed by atoms with Crippen LogP contribution in [0.15, 0.2) is 36.4 Å². The third kappa shape index (κ3) is 7.92. The summed E-state index contributed by atoms with van der Waals surface area (Å²) in [6, 6.07) is 6.63. The van der Waals surface area contributed by atoms with Crippen molar-refractivity contribution in [2.45, 2.75) is 67.2 Å². The summed E-state index contributed by atoms with van der Waals surface area (Å²) in [4.78, 5) is 40.9. The maximum Gasteiger partial charge on any atom is 0.407 e. The number of primary amides is 1. The summed E-state index contributed by atoms with van der Waals surface area (Å²) < 4.78 is 8.62.